The second kappa shape index (κ2) is 7.00. The van der Waals surface area contributed by atoms with Crippen LogP contribution in [0.2, 0.25) is 0 Å². The van der Waals surface area contributed by atoms with E-state index in [0.717, 1.165) is 28.7 Å². The van der Waals surface area contributed by atoms with Gasteiger partial charge in [0.25, 0.3) is 0 Å². The van der Waals surface area contributed by atoms with Gasteiger partial charge < -0.3 is 19.5 Å². The summed E-state index contributed by atoms with van der Waals surface area (Å²) < 4.78 is 7.24. The number of hydrogen-bond donors (Lipinski definition) is 1. The zero-order valence-corrected chi connectivity index (χ0v) is 15.1. The summed E-state index contributed by atoms with van der Waals surface area (Å²) >= 11 is 0. The van der Waals surface area contributed by atoms with Crippen LogP contribution in [-0.2, 0) is 18.4 Å². The molecule has 0 unspecified atom stereocenters. The third-order valence-electron chi connectivity index (χ3n) is 4.32. The number of carbonyl (C=O) groups excluding carboxylic acids is 1. The van der Waals surface area contributed by atoms with Gasteiger partial charge in [-0.15, -0.1) is 0 Å². The first-order chi connectivity index (χ1) is 12.0. The predicted molar refractivity (Wildman–Crippen MR) is 95.5 cm³/mol. The van der Waals surface area contributed by atoms with Gasteiger partial charge in [0.15, 0.2) is 5.96 Å². The van der Waals surface area contributed by atoms with E-state index in [9.17, 15) is 4.79 Å². The Morgan fingerprint density at radius 3 is 2.76 bits per heavy atom. The predicted octanol–water partition coefficient (Wildman–Crippen LogP) is 1.05. The first-order valence-electron chi connectivity index (χ1n) is 8.28. The van der Waals surface area contributed by atoms with Gasteiger partial charge in [-0.05, 0) is 19.9 Å². The Labute approximate surface area is 147 Å². The van der Waals surface area contributed by atoms with Gasteiger partial charge in [0.1, 0.15) is 18.1 Å². The number of piperazine rings is 1. The van der Waals surface area contributed by atoms with Crippen molar-refractivity contribution in [3.8, 4) is 0 Å². The lowest BCUT2D eigenvalue weighted by Gasteiger charge is -2.35. The molecule has 8 heteroatoms. The molecule has 0 aliphatic carbocycles. The molecule has 3 rings (SSSR count). The maximum absolute atomic E-state index is 12.5. The summed E-state index contributed by atoms with van der Waals surface area (Å²) in [5.41, 5.74) is 1.93. The number of amides is 1. The molecule has 134 valence electrons. The summed E-state index contributed by atoms with van der Waals surface area (Å²) in [6.07, 6.45) is 3.56. The largest absolute Gasteiger partial charge is 0.466 e. The topological polar surface area (TPSA) is 78.9 Å². The maximum atomic E-state index is 12.5. The van der Waals surface area contributed by atoms with Gasteiger partial charge in [-0.1, -0.05) is 0 Å². The van der Waals surface area contributed by atoms with Gasteiger partial charge in [0.05, 0.1) is 11.9 Å². The zero-order valence-electron chi connectivity index (χ0n) is 15.1. The van der Waals surface area contributed by atoms with Crippen LogP contribution in [0.5, 0.6) is 0 Å². The van der Waals surface area contributed by atoms with Crippen molar-refractivity contribution >= 4 is 17.6 Å². The zero-order chi connectivity index (χ0) is 18.0. The Morgan fingerprint density at radius 2 is 2.20 bits per heavy atom. The molecule has 25 heavy (non-hydrogen) atoms. The van der Waals surface area contributed by atoms with Crippen LogP contribution < -0.4 is 10.2 Å². The molecule has 0 spiro atoms. The molecular formula is C17H24N6O2. The minimum Gasteiger partial charge on any atom is -0.466 e. The molecule has 3 heterocycles. The van der Waals surface area contributed by atoms with E-state index in [4.69, 9.17) is 4.42 Å². The van der Waals surface area contributed by atoms with Crippen molar-refractivity contribution in [1.82, 2.24) is 20.0 Å². The van der Waals surface area contributed by atoms with E-state index >= 15 is 0 Å². The van der Waals surface area contributed by atoms with Crippen LogP contribution in [0.25, 0.3) is 0 Å². The van der Waals surface area contributed by atoms with Crippen molar-refractivity contribution in [1.29, 1.82) is 0 Å². The van der Waals surface area contributed by atoms with Crippen molar-refractivity contribution in [2.45, 2.75) is 20.4 Å². The lowest BCUT2D eigenvalue weighted by atomic mass is 10.2. The number of hydrogen-bond acceptors (Lipinski definition) is 4. The highest BCUT2D eigenvalue weighted by molar-refractivity contribution is 5.98. The molecule has 0 saturated carbocycles. The molecule has 1 amide bonds. The highest BCUT2D eigenvalue weighted by atomic mass is 16.3. The summed E-state index contributed by atoms with van der Waals surface area (Å²) in [4.78, 5) is 20.6. The molecule has 1 saturated heterocycles. The van der Waals surface area contributed by atoms with Gasteiger partial charge >= 0.3 is 0 Å². The van der Waals surface area contributed by atoms with Crippen molar-refractivity contribution in [2.75, 3.05) is 31.6 Å². The van der Waals surface area contributed by atoms with Gasteiger partial charge in [-0.25, -0.2) is 0 Å². The summed E-state index contributed by atoms with van der Waals surface area (Å²) in [5, 5.41) is 7.45. The van der Waals surface area contributed by atoms with Crippen molar-refractivity contribution in [2.24, 2.45) is 12.0 Å². The molecule has 0 bridgehead atoms. The van der Waals surface area contributed by atoms with Crippen molar-refractivity contribution in [3.05, 3.63) is 35.5 Å². The number of rotatable bonds is 3. The van der Waals surface area contributed by atoms with Gasteiger partial charge in [-0.2, -0.15) is 5.10 Å². The number of nitrogens with zero attached hydrogens (tertiary/aromatic N) is 5. The van der Waals surface area contributed by atoms with Crippen LogP contribution in [0.15, 0.2) is 27.9 Å². The standard InChI is InChI=1S/C17H24N6O2/c1-12-7-14(13(2)25-12)8-19-17(18-3)22-5-6-23(16(24)11-22)15-9-20-21(4)10-15/h7,9-10H,5-6,8,11H2,1-4H3,(H,18,19). The van der Waals surface area contributed by atoms with Crippen LogP contribution in [0.4, 0.5) is 5.69 Å². The van der Waals surface area contributed by atoms with E-state index < -0.39 is 0 Å². The summed E-state index contributed by atoms with van der Waals surface area (Å²) in [6.45, 7) is 6.11. The lowest BCUT2D eigenvalue weighted by molar-refractivity contribution is -0.120. The molecule has 2 aromatic heterocycles. The second-order valence-corrected chi connectivity index (χ2v) is 6.18. The third-order valence-corrected chi connectivity index (χ3v) is 4.32. The van der Waals surface area contributed by atoms with E-state index in [2.05, 4.69) is 15.4 Å². The van der Waals surface area contributed by atoms with E-state index in [-0.39, 0.29) is 12.5 Å². The van der Waals surface area contributed by atoms with Gasteiger partial charge in [0, 0.05) is 45.5 Å². The van der Waals surface area contributed by atoms with Crippen LogP contribution in [-0.4, -0.2) is 53.2 Å². The third kappa shape index (κ3) is 3.67. The lowest BCUT2D eigenvalue weighted by Crippen LogP contribution is -2.55. The molecule has 1 aliphatic rings. The average Bonchev–Trinajstić information content (AvgIpc) is 3.13. The van der Waals surface area contributed by atoms with Crippen molar-refractivity contribution < 1.29 is 9.21 Å². The maximum Gasteiger partial charge on any atom is 0.246 e. The minimum atomic E-state index is 0.0394. The first-order valence-corrected chi connectivity index (χ1v) is 8.28. The fourth-order valence-corrected chi connectivity index (χ4v) is 3.04. The van der Waals surface area contributed by atoms with E-state index in [0.29, 0.717) is 19.6 Å². The van der Waals surface area contributed by atoms with Crippen molar-refractivity contribution in [3.63, 3.8) is 0 Å². The number of anilines is 1. The molecule has 0 radical (unpaired) electrons. The number of furan rings is 1. The molecule has 1 aliphatic heterocycles. The molecular weight excluding hydrogens is 320 g/mol. The molecule has 1 N–H and O–H groups in total. The Morgan fingerprint density at radius 1 is 1.40 bits per heavy atom. The molecule has 0 aromatic carbocycles. The molecule has 2 aromatic rings. The number of aromatic nitrogens is 2. The molecule has 1 fully saturated rings. The number of nitrogens with one attached hydrogen (secondary N) is 1. The molecule has 8 nitrogen and oxygen atoms in total. The minimum absolute atomic E-state index is 0.0394. The van der Waals surface area contributed by atoms with Gasteiger partial charge in [-0.3, -0.25) is 14.5 Å². The fourth-order valence-electron chi connectivity index (χ4n) is 3.04. The number of carbonyl (C=O) groups is 1. The van der Waals surface area contributed by atoms with E-state index in [1.54, 1.807) is 22.8 Å². The summed E-state index contributed by atoms with van der Waals surface area (Å²) in [6, 6.07) is 2.01. The first kappa shape index (κ1) is 17.1. The normalized spacial score (nSPS) is 15.8. The fraction of sp³-hybridized carbons (Fsp3) is 0.471. The Bertz CT molecular complexity index is 791. The van der Waals surface area contributed by atoms with Crippen LogP contribution >= 0.6 is 0 Å². The Hall–Kier alpha value is -2.77. The van der Waals surface area contributed by atoms with E-state index in [1.165, 1.54) is 0 Å². The average molecular weight is 344 g/mol. The number of aliphatic imine (C=N–C) groups is 1. The quantitative estimate of drug-likeness (QED) is 0.665. The number of aryl methyl sites for hydroxylation is 3. The monoisotopic (exact) mass is 344 g/mol. The smallest absolute Gasteiger partial charge is 0.246 e. The van der Waals surface area contributed by atoms with Crippen LogP contribution in [0.3, 0.4) is 0 Å². The highest BCUT2D eigenvalue weighted by Crippen LogP contribution is 2.17. The second-order valence-electron chi connectivity index (χ2n) is 6.18. The number of guanidine groups is 1. The van der Waals surface area contributed by atoms with Crippen LogP contribution in [0.1, 0.15) is 17.1 Å². The molecule has 0 atom stereocenters. The summed E-state index contributed by atoms with van der Waals surface area (Å²) in [5.74, 6) is 2.55. The van der Waals surface area contributed by atoms with E-state index in [1.807, 2.05) is 38.1 Å². The van der Waals surface area contributed by atoms with Crippen LogP contribution in [0, 0.1) is 13.8 Å². The Kier molecular flexibility index (Phi) is 4.78. The highest BCUT2D eigenvalue weighted by Gasteiger charge is 2.27. The van der Waals surface area contributed by atoms with Gasteiger partial charge in [0.2, 0.25) is 5.91 Å². The summed E-state index contributed by atoms with van der Waals surface area (Å²) in [7, 11) is 3.57. The SMILES string of the molecule is CN=C(NCc1cc(C)oc1C)N1CCN(c2cnn(C)c2)C(=O)C1. The Balaban J connectivity index is 1.61.